The molecule has 0 aromatic rings. The van der Waals surface area contributed by atoms with Crippen LogP contribution in [-0.4, -0.2) is 24.2 Å². The summed E-state index contributed by atoms with van der Waals surface area (Å²) in [5.74, 6) is 0. The second-order valence-corrected chi connectivity index (χ2v) is 4.62. The van der Waals surface area contributed by atoms with Gasteiger partial charge in [-0.1, -0.05) is 6.42 Å². The third-order valence-corrected chi connectivity index (χ3v) is 2.83. The molecule has 0 spiro atoms. The Labute approximate surface area is 86.9 Å². The van der Waals surface area contributed by atoms with Crippen molar-refractivity contribution in [3.05, 3.63) is 0 Å². The Morgan fingerprint density at radius 3 is 2.64 bits per heavy atom. The minimum Gasteiger partial charge on any atom is -0.311 e. The molecule has 1 rings (SSSR count). The SMILES string of the molecule is CC(C)NC(C)(C#N)C1CCCCN1. The molecule has 1 aliphatic rings. The van der Waals surface area contributed by atoms with Gasteiger partial charge in [-0.3, -0.25) is 5.32 Å². The molecule has 14 heavy (non-hydrogen) atoms. The summed E-state index contributed by atoms with van der Waals surface area (Å²) in [7, 11) is 0. The van der Waals surface area contributed by atoms with E-state index in [9.17, 15) is 5.26 Å². The summed E-state index contributed by atoms with van der Waals surface area (Å²) in [6, 6.07) is 3.05. The summed E-state index contributed by atoms with van der Waals surface area (Å²) in [5.41, 5.74) is -0.422. The van der Waals surface area contributed by atoms with E-state index in [1.54, 1.807) is 0 Å². The van der Waals surface area contributed by atoms with Crippen LogP contribution in [0, 0.1) is 11.3 Å². The Morgan fingerprint density at radius 1 is 1.50 bits per heavy atom. The molecule has 80 valence electrons. The van der Waals surface area contributed by atoms with Crippen molar-refractivity contribution in [2.45, 2.75) is 57.7 Å². The van der Waals surface area contributed by atoms with Gasteiger partial charge in [-0.25, -0.2) is 0 Å². The van der Waals surface area contributed by atoms with Crippen molar-refractivity contribution in [2.24, 2.45) is 0 Å². The molecule has 3 nitrogen and oxygen atoms in total. The molecule has 2 unspecified atom stereocenters. The highest BCUT2D eigenvalue weighted by Gasteiger charge is 2.35. The number of hydrogen-bond acceptors (Lipinski definition) is 3. The highest BCUT2D eigenvalue weighted by Crippen LogP contribution is 2.19. The van der Waals surface area contributed by atoms with Crippen LogP contribution in [0.25, 0.3) is 0 Å². The Hall–Kier alpha value is -0.590. The zero-order valence-corrected chi connectivity index (χ0v) is 9.43. The average molecular weight is 195 g/mol. The number of piperidine rings is 1. The maximum atomic E-state index is 9.23. The number of nitrogens with zero attached hydrogens (tertiary/aromatic N) is 1. The van der Waals surface area contributed by atoms with Crippen LogP contribution in [0.5, 0.6) is 0 Å². The third-order valence-electron chi connectivity index (χ3n) is 2.83. The highest BCUT2D eigenvalue weighted by molar-refractivity contribution is 5.12. The van der Waals surface area contributed by atoms with Crippen molar-refractivity contribution in [2.75, 3.05) is 6.54 Å². The maximum Gasteiger partial charge on any atom is 0.119 e. The van der Waals surface area contributed by atoms with E-state index in [0.29, 0.717) is 12.1 Å². The van der Waals surface area contributed by atoms with E-state index in [-0.39, 0.29) is 0 Å². The fourth-order valence-electron chi connectivity index (χ4n) is 2.16. The van der Waals surface area contributed by atoms with Crippen LogP contribution in [0.4, 0.5) is 0 Å². The highest BCUT2D eigenvalue weighted by atomic mass is 15.1. The Morgan fingerprint density at radius 2 is 2.21 bits per heavy atom. The van der Waals surface area contributed by atoms with Gasteiger partial charge in [-0.15, -0.1) is 0 Å². The molecule has 3 heteroatoms. The fraction of sp³-hybridized carbons (Fsp3) is 0.909. The monoisotopic (exact) mass is 195 g/mol. The van der Waals surface area contributed by atoms with Crippen molar-refractivity contribution in [3.8, 4) is 6.07 Å². The molecule has 0 aromatic carbocycles. The summed E-state index contributed by atoms with van der Waals surface area (Å²) < 4.78 is 0. The Balaban J connectivity index is 2.62. The summed E-state index contributed by atoms with van der Waals surface area (Å²) in [4.78, 5) is 0. The van der Waals surface area contributed by atoms with Crippen LogP contribution in [0.1, 0.15) is 40.0 Å². The molecule has 2 atom stereocenters. The average Bonchev–Trinajstić information content (AvgIpc) is 2.18. The largest absolute Gasteiger partial charge is 0.311 e. The maximum absolute atomic E-state index is 9.23. The lowest BCUT2D eigenvalue weighted by atomic mass is 9.87. The molecule has 2 N–H and O–H groups in total. The summed E-state index contributed by atoms with van der Waals surface area (Å²) in [5, 5.41) is 16.0. The molecule has 1 saturated heterocycles. The number of hydrogen-bond donors (Lipinski definition) is 2. The molecule has 0 radical (unpaired) electrons. The normalized spacial score (nSPS) is 26.9. The van der Waals surface area contributed by atoms with Gasteiger partial charge in [0.15, 0.2) is 0 Å². The second kappa shape index (κ2) is 4.77. The van der Waals surface area contributed by atoms with Gasteiger partial charge >= 0.3 is 0 Å². The van der Waals surface area contributed by atoms with Gasteiger partial charge in [-0.05, 0) is 40.2 Å². The zero-order chi connectivity index (χ0) is 10.6. The van der Waals surface area contributed by atoms with E-state index in [0.717, 1.165) is 13.0 Å². The van der Waals surface area contributed by atoms with Crippen LogP contribution < -0.4 is 10.6 Å². The van der Waals surface area contributed by atoms with Crippen molar-refractivity contribution >= 4 is 0 Å². The Kier molecular flexibility index (Phi) is 3.91. The third kappa shape index (κ3) is 2.70. The van der Waals surface area contributed by atoms with Gasteiger partial charge < -0.3 is 5.32 Å². The predicted molar refractivity (Wildman–Crippen MR) is 57.9 cm³/mol. The topological polar surface area (TPSA) is 47.9 Å². The summed E-state index contributed by atoms with van der Waals surface area (Å²) in [6.45, 7) is 7.20. The molecule has 1 heterocycles. The van der Waals surface area contributed by atoms with E-state index < -0.39 is 5.54 Å². The molecule has 1 aliphatic heterocycles. The molecule has 1 fully saturated rings. The van der Waals surface area contributed by atoms with E-state index >= 15 is 0 Å². The van der Waals surface area contributed by atoms with Crippen LogP contribution in [0.15, 0.2) is 0 Å². The first-order valence-electron chi connectivity index (χ1n) is 5.51. The minimum absolute atomic E-state index is 0.295. The van der Waals surface area contributed by atoms with Crippen molar-refractivity contribution in [1.29, 1.82) is 5.26 Å². The lowest BCUT2D eigenvalue weighted by Crippen LogP contribution is -2.60. The molecule has 0 aromatic heterocycles. The van der Waals surface area contributed by atoms with Gasteiger partial charge in [0.25, 0.3) is 0 Å². The van der Waals surface area contributed by atoms with Crippen molar-refractivity contribution < 1.29 is 0 Å². The van der Waals surface area contributed by atoms with E-state index in [4.69, 9.17) is 0 Å². The zero-order valence-electron chi connectivity index (χ0n) is 9.43. The molecule has 0 aliphatic carbocycles. The van der Waals surface area contributed by atoms with Crippen molar-refractivity contribution in [1.82, 2.24) is 10.6 Å². The van der Waals surface area contributed by atoms with Gasteiger partial charge in [0.1, 0.15) is 5.54 Å². The first kappa shape index (κ1) is 11.5. The first-order chi connectivity index (χ1) is 6.58. The molecule has 0 bridgehead atoms. The summed E-state index contributed by atoms with van der Waals surface area (Å²) >= 11 is 0. The first-order valence-corrected chi connectivity index (χ1v) is 5.51. The van der Waals surface area contributed by atoms with E-state index in [1.807, 2.05) is 6.92 Å². The minimum atomic E-state index is -0.422. The van der Waals surface area contributed by atoms with Gasteiger partial charge in [0.05, 0.1) is 6.07 Å². The fourth-order valence-corrected chi connectivity index (χ4v) is 2.16. The second-order valence-electron chi connectivity index (χ2n) is 4.62. The van der Waals surface area contributed by atoms with Crippen LogP contribution in [0.2, 0.25) is 0 Å². The van der Waals surface area contributed by atoms with Gasteiger partial charge in [0.2, 0.25) is 0 Å². The van der Waals surface area contributed by atoms with Crippen LogP contribution >= 0.6 is 0 Å². The van der Waals surface area contributed by atoms with Crippen molar-refractivity contribution in [3.63, 3.8) is 0 Å². The molecular weight excluding hydrogens is 174 g/mol. The number of nitrogens with one attached hydrogen (secondary N) is 2. The van der Waals surface area contributed by atoms with Crippen LogP contribution in [-0.2, 0) is 0 Å². The standard InChI is InChI=1S/C11H21N3/c1-9(2)14-11(3,8-12)10-6-4-5-7-13-10/h9-10,13-14H,4-7H2,1-3H3. The van der Waals surface area contributed by atoms with E-state index in [1.165, 1.54) is 12.8 Å². The van der Waals surface area contributed by atoms with Gasteiger partial charge in [-0.2, -0.15) is 5.26 Å². The van der Waals surface area contributed by atoms with E-state index in [2.05, 4.69) is 30.6 Å². The summed E-state index contributed by atoms with van der Waals surface area (Å²) in [6.07, 6.45) is 3.57. The predicted octanol–water partition coefficient (Wildman–Crippen LogP) is 1.41. The lowest BCUT2D eigenvalue weighted by Gasteiger charge is -2.37. The van der Waals surface area contributed by atoms with Crippen LogP contribution in [0.3, 0.4) is 0 Å². The number of nitriles is 1. The smallest absolute Gasteiger partial charge is 0.119 e. The molecule has 0 amide bonds. The number of rotatable bonds is 3. The lowest BCUT2D eigenvalue weighted by molar-refractivity contribution is 0.257. The van der Waals surface area contributed by atoms with Gasteiger partial charge in [0, 0.05) is 12.1 Å². The quantitative estimate of drug-likeness (QED) is 0.716. The Bertz CT molecular complexity index is 213. The molecular formula is C11H21N3. The molecule has 0 saturated carbocycles.